The van der Waals surface area contributed by atoms with E-state index in [-0.39, 0.29) is 6.10 Å². The van der Waals surface area contributed by atoms with Crippen molar-refractivity contribution < 1.29 is 5.11 Å². The molecule has 1 unspecified atom stereocenters. The van der Waals surface area contributed by atoms with E-state index < -0.39 is 0 Å². The first-order chi connectivity index (χ1) is 7.81. The molecule has 1 heteroatoms. The molecule has 0 aliphatic carbocycles. The lowest BCUT2D eigenvalue weighted by atomic mass is 10.1. The van der Waals surface area contributed by atoms with E-state index in [0.717, 1.165) is 12.8 Å². The van der Waals surface area contributed by atoms with Gasteiger partial charge in [0.15, 0.2) is 0 Å². The molecule has 0 radical (unpaired) electrons. The molecule has 1 atom stereocenters. The van der Waals surface area contributed by atoms with Crippen LogP contribution in [0.25, 0.3) is 0 Å². The summed E-state index contributed by atoms with van der Waals surface area (Å²) in [5, 5.41) is 9.51. The lowest BCUT2D eigenvalue weighted by molar-refractivity contribution is 0.208. The Morgan fingerprint density at radius 3 is 2.44 bits per heavy atom. The summed E-state index contributed by atoms with van der Waals surface area (Å²) in [6.45, 7) is 4.06. The average Bonchev–Trinajstić information content (AvgIpc) is 2.28. The van der Waals surface area contributed by atoms with Gasteiger partial charge in [-0.25, -0.2) is 0 Å². The highest BCUT2D eigenvalue weighted by Gasteiger charge is 1.96. The highest BCUT2D eigenvalue weighted by atomic mass is 16.3. The van der Waals surface area contributed by atoms with E-state index in [1.165, 1.54) is 12.8 Å². The fourth-order valence-corrected chi connectivity index (χ4v) is 1.10. The van der Waals surface area contributed by atoms with Gasteiger partial charge in [-0.3, -0.25) is 0 Å². The summed E-state index contributed by atoms with van der Waals surface area (Å²) in [6, 6.07) is 0. The van der Waals surface area contributed by atoms with Crippen molar-refractivity contribution in [1.82, 2.24) is 0 Å². The van der Waals surface area contributed by atoms with E-state index in [2.05, 4.69) is 30.6 Å². The van der Waals surface area contributed by atoms with Crippen LogP contribution >= 0.6 is 0 Å². The molecule has 16 heavy (non-hydrogen) atoms. The lowest BCUT2D eigenvalue weighted by Crippen LogP contribution is -2.00. The monoisotopic (exact) mass is 216 g/mol. The minimum atomic E-state index is -0.371. The molecule has 0 heterocycles. The third-order valence-electron chi connectivity index (χ3n) is 1.96. The second-order valence-electron chi connectivity index (χ2n) is 3.46. The second-order valence-corrected chi connectivity index (χ2v) is 3.46. The zero-order valence-corrected chi connectivity index (χ0v) is 10.2. The maximum Gasteiger partial charge on any atom is 0.0730 e. The molecule has 0 aliphatic heterocycles. The molecule has 0 aliphatic rings. The Bertz CT molecular complexity index is 328. The minimum absolute atomic E-state index is 0.371. The average molecular weight is 216 g/mol. The molecule has 86 valence electrons. The van der Waals surface area contributed by atoms with E-state index in [4.69, 9.17) is 0 Å². The minimum Gasteiger partial charge on any atom is -0.389 e. The number of rotatable bonds is 5. The Kier molecular flexibility index (Phi) is 10.6. The smallest absolute Gasteiger partial charge is 0.0730 e. The Morgan fingerprint density at radius 1 is 1.12 bits per heavy atom. The van der Waals surface area contributed by atoms with Crippen LogP contribution in [-0.2, 0) is 0 Å². The van der Waals surface area contributed by atoms with Gasteiger partial charge in [-0.2, -0.15) is 0 Å². The molecule has 0 aromatic rings. The van der Waals surface area contributed by atoms with Gasteiger partial charge in [-0.1, -0.05) is 44.1 Å². The standard InChI is InChI=1S/C15H20O/c1-3-5-7-8-9-10-12-14-15(16)13-11-6-4-2/h3,5,12,14-16H,4,6,11,13H2,1-2H3. The molecule has 0 spiro atoms. The molecule has 0 rings (SSSR count). The summed E-state index contributed by atoms with van der Waals surface area (Å²) in [7, 11) is 0. The van der Waals surface area contributed by atoms with Crippen LogP contribution in [0.15, 0.2) is 24.3 Å². The van der Waals surface area contributed by atoms with Crippen LogP contribution in [-0.4, -0.2) is 11.2 Å². The normalized spacial score (nSPS) is 11.9. The summed E-state index contributed by atoms with van der Waals surface area (Å²) in [6.07, 6.45) is 10.9. The quantitative estimate of drug-likeness (QED) is 0.553. The maximum atomic E-state index is 9.51. The lowest BCUT2D eigenvalue weighted by Gasteiger charge is -2.02. The fourth-order valence-electron chi connectivity index (χ4n) is 1.10. The van der Waals surface area contributed by atoms with Crippen molar-refractivity contribution in [3.63, 3.8) is 0 Å². The molecule has 0 saturated carbocycles. The van der Waals surface area contributed by atoms with E-state index >= 15 is 0 Å². The Labute approximate surface area is 99.3 Å². The summed E-state index contributed by atoms with van der Waals surface area (Å²) in [5.41, 5.74) is 0. The zero-order chi connectivity index (χ0) is 12.1. The molecule has 1 nitrogen and oxygen atoms in total. The van der Waals surface area contributed by atoms with Gasteiger partial charge >= 0.3 is 0 Å². The number of hydrogen-bond donors (Lipinski definition) is 1. The summed E-state index contributed by atoms with van der Waals surface area (Å²) < 4.78 is 0. The van der Waals surface area contributed by atoms with Crippen molar-refractivity contribution in [2.45, 2.75) is 45.6 Å². The third kappa shape index (κ3) is 10.6. The van der Waals surface area contributed by atoms with Gasteiger partial charge in [0.25, 0.3) is 0 Å². The van der Waals surface area contributed by atoms with Crippen LogP contribution in [0.3, 0.4) is 0 Å². The molecule has 1 N–H and O–H groups in total. The Balaban J connectivity index is 3.78. The van der Waals surface area contributed by atoms with Crippen LogP contribution < -0.4 is 0 Å². The summed E-state index contributed by atoms with van der Waals surface area (Å²) in [4.78, 5) is 0. The number of unbranched alkanes of at least 4 members (excludes halogenated alkanes) is 2. The highest BCUT2D eigenvalue weighted by molar-refractivity contribution is 5.33. The van der Waals surface area contributed by atoms with Crippen LogP contribution in [0.2, 0.25) is 0 Å². The molecule has 0 bridgehead atoms. The van der Waals surface area contributed by atoms with Crippen molar-refractivity contribution in [2.24, 2.45) is 0 Å². The van der Waals surface area contributed by atoms with E-state index in [9.17, 15) is 5.11 Å². The molecule has 0 aromatic heterocycles. The van der Waals surface area contributed by atoms with E-state index in [1.54, 1.807) is 18.2 Å². The molecule has 0 amide bonds. The topological polar surface area (TPSA) is 20.2 Å². The second kappa shape index (κ2) is 11.6. The van der Waals surface area contributed by atoms with Gasteiger partial charge < -0.3 is 5.11 Å². The van der Waals surface area contributed by atoms with Crippen molar-refractivity contribution in [3.8, 4) is 23.7 Å². The highest BCUT2D eigenvalue weighted by Crippen LogP contribution is 2.03. The van der Waals surface area contributed by atoms with Crippen LogP contribution in [0.1, 0.15) is 39.5 Å². The number of aliphatic hydroxyl groups is 1. The van der Waals surface area contributed by atoms with Crippen molar-refractivity contribution in [2.75, 3.05) is 0 Å². The number of hydrogen-bond acceptors (Lipinski definition) is 1. The molecule has 0 aromatic carbocycles. The van der Waals surface area contributed by atoms with Gasteiger partial charge in [0.1, 0.15) is 0 Å². The van der Waals surface area contributed by atoms with Crippen molar-refractivity contribution >= 4 is 0 Å². The van der Waals surface area contributed by atoms with Gasteiger partial charge in [0, 0.05) is 0 Å². The number of aliphatic hydroxyl groups excluding tert-OH is 1. The van der Waals surface area contributed by atoms with Crippen LogP contribution in [0.4, 0.5) is 0 Å². The van der Waals surface area contributed by atoms with Gasteiger partial charge in [-0.05, 0) is 43.4 Å². The number of allylic oxidation sites excluding steroid dienone is 3. The maximum absolute atomic E-state index is 9.51. The first kappa shape index (κ1) is 14.6. The Morgan fingerprint density at radius 2 is 1.81 bits per heavy atom. The van der Waals surface area contributed by atoms with Crippen molar-refractivity contribution in [1.29, 1.82) is 0 Å². The third-order valence-corrected chi connectivity index (χ3v) is 1.96. The van der Waals surface area contributed by atoms with Crippen LogP contribution in [0, 0.1) is 23.7 Å². The molecule has 0 saturated heterocycles. The molecule has 0 fully saturated rings. The Hall–Kier alpha value is -1.44. The van der Waals surface area contributed by atoms with Gasteiger partial charge in [-0.15, -0.1) is 0 Å². The predicted molar refractivity (Wildman–Crippen MR) is 69.7 cm³/mol. The summed E-state index contributed by atoms with van der Waals surface area (Å²) >= 11 is 0. The SMILES string of the molecule is CC=CC#CC#CC=CC(O)CCCCC. The predicted octanol–water partition coefficient (Wildman–Crippen LogP) is 3.07. The van der Waals surface area contributed by atoms with Crippen molar-refractivity contribution in [3.05, 3.63) is 24.3 Å². The van der Waals surface area contributed by atoms with Gasteiger partial charge in [0.2, 0.25) is 0 Å². The molecular formula is C15H20O. The van der Waals surface area contributed by atoms with E-state index in [1.807, 2.05) is 13.0 Å². The van der Waals surface area contributed by atoms with Gasteiger partial charge in [0.05, 0.1) is 6.10 Å². The summed E-state index contributed by atoms with van der Waals surface area (Å²) in [5.74, 6) is 10.9. The molecular weight excluding hydrogens is 196 g/mol. The zero-order valence-electron chi connectivity index (χ0n) is 10.2. The van der Waals surface area contributed by atoms with Crippen LogP contribution in [0.5, 0.6) is 0 Å². The first-order valence-corrected chi connectivity index (χ1v) is 5.78. The first-order valence-electron chi connectivity index (χ1n) is 5.78. The van der Waals surface area contributed by atoms with E-state index in [0.29, 0.717) is 0 Å². The fraction of sp³-hybridized carbons (Fsp3) is 0.467. The largest absolute Gasteiger partial charge is 0.389 e.